The number of nitrogens with one attached hydrogen (secondary N) is 2. The normalized spacial score (nSPS) is 19.1. The average Bonchev–Trinajstić information content (AvgIpc) is 3.15. The second kappa shape index (κ2) is 11.4. The van der Waals surface area contributed by atoms with Gasteiger partial charge in [-0.3, -0.25) is 9.59 Å². The fourth-order valence-corrected chi connectivity index (χ4v) is 5.15. The van der Waals surface area contributed by atoms with E-state index in [0.29, 0.717) is 38.3 Å². The van der Waals surface area contributed by atoms with Crippen LogP contribution < -0.4 is 10.6 Å². The molecular weight excluding hydrogens is 444 g/mol. The molecule has 7 heteroatoms. The zero-order valence-corrected chi connectivity index (χ0v) is 20.2. The lowest BCUT2D eigenvalue weighted by molar-refractivity contribution is -0.146. The molecule has 0 saturated heterocycles. The van der Waals surface area contributed by atoms with Gasteiger partial charge in [0.2, 0.25) is 5.91 Å². The highest BCUT2D eigenvalue weighted by molar-refractivity contribution is 5.79. The highest BCUT2D eigenvalue weighted by Gasteiger charge is 2.35. The minimum atomic E-state index is -0.787. The molecule has 186 valence electrons. The average molecular weight is 479 g/mol. The highest BCUT2D eigenvalue weighted by Crippen LogP contribution is 2.44. The first-order chi connectivity index (χ1) is 17.0. The molecule has 1 unspecified atom stereocenters. The Morgan fingerprint density at radius 3 is 2.23 bits per heavy atom. The molecular formula is C28H34N2O5. The quantitative estimate of drug-likeness (QED) is 0.434. The number of aliphatic carboxylic acids is 1. The van der Waals surface area contributed by atoms with Gasteiger partial charge in [0.25, 0.3) is 0 Å². The molecule has 0 bridgehead atoms. The molecule has 1 saturated carbocycles. The van der Waals surface area contributed by atoms with E-state index >= 15 is 0 Å². The summed E-state index contributed by atoms with van der Waals surface area (Å²) in [7, 11) is 0. The van der Waals surface area contributed by atoms with Crippen LogP contribution in [0.15, 0.2) is 48.5 Å². The Bertz CT molecular complexity index is 1020. The molecule has 1 atom stereocenters. The van der Waals surface area contributed by atoms with E-state index in [1.807, 2.05) is 24.3 Å². The molecule has 2 aliphatic rings. The van der Waals surface area contributed by atoms with Gasteiger partial charge in [-0.25, -0.2) is 4.79 Å². The molecule has 0 spiro atoms. The number of ether oxygens (including phenoxy) is 1. The number of fused-ring (bicyclic) bond motifs is 3. The number of amides is 2. The van der Waals surface area contributed by atoms with Crippen LogP contribution in [-0.4, -0.2) is 42.3 Å². The van der Waals surface area contributed by atoms with Crippen molar-refractivity contribution in [1.82, 2.24) is 10.6 Å². The molecule has 2 aliphatic carbocycles. The van der Waals surface area contributed by atoms with Crippen molar-refractivity contribution in [2.24, 2.45) is 11.8 Å². The lowest BCUT2D eigenvalue weighted by Crippen LogP contribution is -2.46. The molecule has 0 aliphatic heterocycles. The summed E-state index contributed by atoms with van der Waals surface area (Å²) in [6, 6.07) is 16.5. The van der Waals surface area contributed by atoms with Crippen LogP contribution in [0.2, 0.25) is 0 Å². The number of hydrogen-bond donors (Lipinski definition) is 3. The standard InChI is InChI=1S/C28H34N2O5/c1-2-18(11-12-26(31)30-20-15-19(16-20)27(32)33)13-14-29-28(34)35-17-25-23-9-5-3-7-21(23)22-8-4-6-10-24(22)25/h3-10,18-20,25H,2,11-17H2,1H3,(H,29,34)(H,30,31)(H,32,33). The molecule has 4 rings (SSSR count). The van der Waals surface area contributed by atoms with Gasteiger partial charge in [0, 0.05) is 24.9 Å². The summed E-state index contributed by atoms with van der Waals surface area (Å²) >= 11 is 0. The Hall–Kier alpha value is -3.35. The smallest absolute Gasteiger partial charge is 0.407 e. The van der Waals surface area contributed by atoms with E-state index in [9.17, 15) is 14.4 Å². The van der Waals surface area contributed by atoms with Gasteiger partial charge in [0.1, 0.15) is 6.61 Å². The van der Waals surface area contributed by atoms with Crippen molar-refractivity contribution >= 4 is 18.0 Å². The zero-order valence-electron chi connectivity index (χ0n) is 20.2. The Labute approximate surface area is 206 Å². The third-order valence-corrected chi connectivity index (χ3v) is 7.38. The van der Waals surface area contributed by atoms with Crippen LogP contribution in [0.3, 0.4) is 0 Å². The van der Waals surface area contributed by atoms with E-state index in [0.717, 1.165) is 19.3 Å². The van der Waals surface area contributed by atoms with Crippen LogP contribution >= 0.6 is 0 Å². The Balaban J connectivity index is 1.15. The Kier molecular flexibility index (Phi) is 8.06. The molecule has 0 heterocycles. The van der Waals surface area contributed by atoms with Gasteiger partial charge in [0.05, 0.1) is 5.92 Å². The summed E-state index contributed by atoms with van der Waals surface area (Å²) < 4.78 is 5.59. The van der Waals surface area contributed by atoms with Crippen molar-refractivity contribution in [3.8, 4) is 11.1 Å². The molecule has 2 aromatic carbocycles. The highest BCUT2D eigenvalue weighted by atomic mass is 16.5. The fraction of sp³-hybridized carbons (Fsp3) is 0.464. The summed E-state index contributed by atoms with van der Waals surface area (Å²) in [5.74, 6) is -0.779. The molecule has 0 radical (unpaired) electrons. The van der Waals surface area contributed by atoms with E-state index in [1.54, 1.807) is 0 Å². The van der Waals surface area contributed by atoms with E-state index in [-0.39, 0.29) is 23.8 Å². The minimum absolute atomic E-state index is 0.0149. The van der Waals surface area contributed by atoms with E-state index in [2.05, 4.69) is 41.8 Å². The molecule has 2 aromatic rings. The first kappa shape index (κ1) is 24.8. The lowest BCUT2D eigenvalue weighted by Gasteiger charge is -2.33. The number of benzene rings is 2. The largest absolute Gasteiger partial charge is 0.481 e. The zero-order chi connectivity index (χ0) is 24.8. The Morgan fingerprint density at radius 1 is 1.00 bits per heavy atom. The maximum Gasteiger partial charge on any atom is 0.407 e. The maximum absolute atomic E-state index is 12.4. The van der Waals surface area contributed by atoms with Crippen LogP contribution in [-0.2, 0) is 14.3 Å². The van der Waals surface area contributed by atoms with Crippen molar-refractivity contribution < 1.29 is 24.2 Å². The summed E-state index contributed by atoms with van der Waals surface area (Å²) in [6.07, 6.45) is 3.46. The number of carbonyl (C=O) groups is 3. The molecule has 35 heavy (non-hydrogen) atoms. The van der Waals surface area contributed by atoms with Gasteiger partial charge in [-0.1, -0.05) is 61.9 Å². The molecule has 0 aromatic heterocycles. The molecule has 3 N–H and O–H groups in total. The summed E-state index contributed by atoms with van der Waals surface area (Å²) in [5.41, 5.74) is 4.77. The van der Waals surface area contributed by atoms with Gasteiger partial charge in [-0.05, 0) is 53.9 Å². The SMILES string of the molecule is CCC(CCNC(=O)OCC1c2ccccc2-c2ccccc21)CCC(=O)NC1CC(C(=O)O)C1. The van der Waals surface area contributed by atoms with Crippen LogP contribution in [0.25, 0.3) is 11.1 Å². The van der Waals surface area contributed by atoms with Gasteiger partial charge >= 0.3 is 12.1 Å². The van der Waals surface area contributed by atoms with Crippen LogP contribution in [0, 0.1) is 11.8 Å². The third kappa shape index (κ3) is 6.02. The predicted molar refractivity (Wildman–Crippen MR) is 133 cm³/mol. The predicted octanol–water partition coefficient (Wildman–Crippen LogP) is 4.70. The molecule has 2 amide bonds. The number of carboxylic acids is 1. The van der Waals surface area contributed by atoms with E-state index in [1.165, 1.54) is 22.3 Å². The Morgan fingerprint density at radius 2 is 1.63 bits per heavy atom. The topological polar surface area (TPSA) is 105 Å². The van der Waals surface area contributed by atoms with Crippen LogP contribution in [0.1, 0.15) is 62.5 Å². The number of alkyl carbamates (subject to hydrolysis) is 1. The van der Waals surface area contributed by atoms with Crippen molar-refractivity contribution in [3.63, 3.8) is 0 Å². The second-order valence-corrected chi connectivity index (χ2v) is 9.62. The summed E-state index contributed by atoms with van der Waals surface area (Å²) in [5, 5.41) is 14.7. The number of carboxylic acid groups (broad SMARTS) is 1. The summed E-state index contributed by atoms with van der Waals surface area (Å²) in [4.78, 5) is 35.4. The summed E-state index contributed by atoms with van der Waals surface area (Å²) in [6.45, 7) is 2.88. The van der Waals surface area contributed by atoms with E-state index in [4.69, 9.17) is 9.84 Å². The van der Waals surface area contributed by atoms with Gasteiger partial charge in [-0.2, -0.15) is 0 Å². The monoisotopic (exact) mass is 478 g/mol. The maximum atomic E-state index is 12.4. The van der Waals surface area contributed by atoms with Gasteiger partial charge in [0.15, 0.2) is 0 Å². The van der Waals surface area contributed by atoms with Crippen molar-refractivity contribution in [2.75, 3.05) is 13.2 Å². The fourth-order valence-electron chi connectivity index (χ4n) is 5.15. The van der Waals surface area contributed by atoms with Gasteiger partial charge in [-0.15, -0.1) is 0 Å². The number of rotatable bonds is 11. The van der Waals surface area contributed by atoms with Crippen molar-refractivity contribution in [3.05, 3.63) is 59.7 Å². The first-order valence-corrected chi connectivity index (χ1v) is 12.6. The van der Waals surface area contributed by atoms with Crippen molar-refractivity contribution in [1.29, 1.82) is 0 Å². The molecule has 1 fully saturated rings. The number of carbonyl (C=O) groups excluding carboxylic acids is 2. The van der Waals surface area contributed by atoms with Crippen LogP contribution in [0.5, 0.6) is 0 Å². The number of hydrogen-bond acceptors (Lipinski definition) is 4. The first-order valence-electron chi connectivity index (χ1n) is 12.6. The third-order valence-electron chi connectivity index (χ3n) is 7.38. The minimum Gasteiger partial charge on any atom is -0.481 e. The lowest BCUT2D eigenvalue weighted by atomic mass is 9.80. The van der Waals surface area contributed by atoms with Crippen molar-refractivity contribution in [2.45, 2.75) is 57.4 Å². The van der Waals surface area contributed by atoms with Gasteiger partial charge < -0.3 is 20.5 Å². The van der Waals surface area contributed by atoms with Crippen LogP contribution in [0.4, 0.5) is 4.79 Å². The second-order valence-electron chi connectivity index (χ2n) is 9.62. The molecule has 7 nitrogen and oxygen atoms in total. The van der Waals surface area contributed by atoms with E-state index < -0.39 is 12.1 Å².